The van der Waals surface area contributed by atoms with Gasteiger partial charge in [-0.15, -0.1) is 0 Å². The lowest BCUT2D eigenvalue weighted by Gasteiger charge is -2.21. The lowest BCUT2D eigenvalue weighted by Crippen LogP contribution is -2.40. The molecule has 6 atom stereocenters. The van der Waals surface area contributed by atoms with Crippen molar-refractivity contribution < 1.29 is 37.6 Å². The smallest absolute Gasteiger partial charge is 0.217 e. The number of hydrogen-bond donors (Lipinski definition) is 4. The Balaban J connectivity index is 2.59. The largest absolute Gasteiger partial charge is 0.726 e. The van der Waals surface area contributed by atoms with E-state index in [0.717, 1.165) is 0 Å². The van der Waals surface area contributed by atoms with Crippen LogP contribution in [0.3, 0.4) is 0 Å². The van der Waals surface area contributed by atoms with E-state index in [1.54, 1.807) is 0 Å². The summed E-state index contributed by atoms with van der Waals surface area (Å²) in [6.07, 6.45) is -4.50. The third-order valence-corrected chi connectivity index (χ3v) is 6.33. The Kier molecular flexibility index (Phi) is 6.01. The first kappa shape index (κ1) is 17.1. The van der Waals surface area contributed by atoms with Gasteiger partial charge in [-0.05, 0) is 6.92 Å². The summed E-state index contributed by atoms with van der Waals surface area (Å²) in [4.78, 5) is 0. The van der Waals surface area contributed by atoms with Crippen LogP contribution < -0.4 is 0 Å². The van der Waals surface area contributed by atoms with Gasteiger partial charge >= 0.3 is 0 Å². The van der Waals surface area contributed by atoms with Crippen molar-refractivity contribution >= 4 is 21.3 Å². The van der Waals surface area contributed by atoms with Crippen molar-refractivity contribution in [3.63, 3.8) is 0 Å². The van der Waals surface area contributed by atoms with E-state index in [4.69, 9.17) is 5.11 Å². The molecule has 1 heterocycles. The molecule has 0 saturated carbocycles. The second kappa shape index (κ2) is 6.68. The fourth-order valence-corrected chi connectivity index (χ4v) is 5.16. The molecule has 1 saturated heterocycles. The van der Waals surface area contributed by atoms with Crippen LogP contribution in [0.15, 0.2) is 0 Å². The summed E-state index contributed by atoms with van der Waals surface area (Å²) >= 11 is 0. The molecule has 1 aliphatic rings. The molecule has 114 valence electrons. The van der Waals surface area contributed by atoms with Gasteiger partial charge in [0, 0.05) is 10.9 Å². The van der Waals surface area contributed by atoms with Crippen molar-refractivity contribution in [2.24, 2.45) is 0 Å². The highest BCUT2D eigenvalue weighted by Gasteiger charge is 2.50. The minimum absolute atomic E-state index is 0.0377. The zero-order valence-corrected chi connectivity index (χ0v) is 11.9. The Morgan fingerprint density at radius 2 is 2.05 bits per heavy atom. The lowest BCUT2D eigenvalue weighted by molar-refractivity contribution is 0.0324. The molecular weight excluding hydrogens is 300 g/mol. The van der Waals surface area contributed by atoms with Crippen molar-refractivity contribution in [2.45, 2.75) is 36.6 Å². The fourth-order valence-electron chi connectivity index (χ4n) is 1.90. The van der Waals surface area contributed by atoms with Crippen LogP contribution in [0.5, 0.6) is 0 Å². The Morgan fingerprint density at radius 3 is 2.53 bits per heavy atom. The normalized spacial score (nSPS) is 35.3. The van der Waals surface area contributed by atoms with E-state index in [0.29, 0.717) is 0 Å². The fraction of sp³-hybridized carbons (Fsp3) is 1.00. The summed E-state index contributed by atoms with van der Waals surface area (Å²) in [5, 5.41) is 37.4. The Labute approximate surface area is 114 Å². The topological polar surface area (TPSA) is 147 Å². The summed E-state index contributed by atoms with van der Waals surface area (Å²) in [5.74, 6) is 0.246. The minimum atomic E-state index is -4.90. The van der Waals surface area contributed by atoms with Crippen LogP contribution in [0.4, 0.5) is 0 Å². The number of aliphatic hydroxyl groups excluding tert-OH is 4. The van der Waals surface area contributed by atoms with Crippen LogP contribution in [0.2, 0.25) is 0 Å². The molecule has 0 aromatic heterocycles. The summed E-state index contributed by atoms with van der Waals surface area (Å²) in [6.45, 7) is 0.892. The van der Waals surface area contributed by atoms with Gasteiger partial charge in [0.1, 0.15) is 35.9 Å². The van der Waals surface area contributed by atoms with Crippen molar-refractivity contribution in [1.29, 1.82) is 0 Å². The van der Waals surface area contributed by atoms with E-state index in [1.165, 1.54) is 6.92 Å². The molecule has 0 amide bonds. The van der Waals surface area contributed by atoms with Gasteiger partial charge in [-0.2, -0.15) is 0 Å². The molecule has 1 rings (SSSR count). The van der Waals surface area contributed by atoms with Crippen molar-refractivity contribution in [1.82, 2.24) is 0 Å². The summed E-state index contributed by atoms with van der Waals surface area (Å²) in [5.41, 5.74) is 0. The molecule has 1 unspecified atom stereocenters. The molecule has 0 aliphatic carbocycles. The molecule has 10 heteroatoms. The number of rotatable bonds is 6. The maximum Gasteiger partial charge on any atom is 0.217 e. The van der Waals surface area contributed by atoms with Gasteiger partial charge in [0.25, 0.3) is 0 Å². The van der Waals surface area contributed by atoms with Gasteiger partial charge in [-0.25, -0.2) is 8.42 Å². The monoisotopic (exact) mass is 318 g/mol. The second-order valence-electron chi connectivity index (χ2n) is 4.43. The van der Waals surface area contributed by atoms with Gasteiger partial charge in [0.05, 0.1) is 6.61 Å². The molecule has 8 nitrogen and oxygen atoms in total. The molecular formula is C9H18O8S2. The Hall–Kier alpha value is 0.0600. The molecule has 4 N–H and O–H groups in total. The van der Waals surface area contributed by atoms with Crippen molar-refractivity contribution in [2.75, 3.05) is 18.1 Å². The first-order chi connectivity index (χ1) is 8.65. The van der Waals surface area contributed by atoms with Crippen molar-refractivity contribution in [3.05, 3.63) is 0 Å². The van der Waals surface area contributed by atoms with Crippen molar-refractivity contribution in [3.8, 4) is 0 Å². The SMILES string of the molecule is C[C@H](OS(=O)(=O)[O-])[C@H](O)C[S+]1C[C@@H](O)[C@H](O)[C@H]1CO. The molecule has 0 aromatic rings. The van der Waals surface area contributed by atoms with Crippen LogP contribution in [0.25, 0.3) is 0 Å². The van der Waals surface area contributed by atoms with Crippen LogP contribution >= 0.6 is 0 Å². The highest BCUT2D eigenvalue weighted by Crippen LogP contribution is 2.25. The maximum absolute atomic E-state index is 10.4. The molecule has 0 spiro atoms. The van der Waals surface area contributed by atoms with Gasteiger partial charge in [-0.1, -0.05) is 0 Å². The third-order valence-electron chi connectivity index (χ3n) is 2.96. The predicted octanol–water partition coefficient (Wildman–Crippen LogP) is -3.07. The van der Waals surface area contributed by atoms with E-state index in [2.05, 4.69) is 4.18 Å². The summed E-state index contributed by atoms with van der Waals surface area (Å²) in [6, 6.07) is 0. The molecule has 0 radical (unpaired) electrons. The summed E-state index contributed by atoms with van der Waals surface area (Å²) in [7, 11) is -5.58. The Morgan fingerprint density at radius 1 is 1.47 bits per heavy atom. The quantitative estimate of drug-likeness (QED) is 0.229. The highest BCUT2D eigenvalue weighted by molar-refractivity contribution is 7.97. The van der Waals surface area contributed by atoms with E-state index < -0.39 is 51.0 Å². The molecule has 1 aliphatic heterocycles. The average Bonchev–Trinajstić information content (AvgIpc) is 2.51. The standard InChI is InChI=1S/C9H18O8S2/c1-5(17-19(14,15)16)6(11)3-18-4-7(12)9(13)8(18)2-10/h5-13H,2-4H2,1H3/t5-,6+,7+,8+,9-,18?/m0/s1. The van der Waals surface area contributed by atoms with Crippen LogP contribution in [-0.4, -0.2) is 81.2 Å². The number of aliphatic hydroxyl groups is 4. The second-order valence-corrected chi connectivity index (χ2v) is 7.78. The molecule has 19 heavy (non-hydrogen) atoms. The highest BCUT2D eigenvalue weighted by atomic mass is 32.3. The zero-order valence-electron chi connectivity index (χ0n) is 10.2. The first-order valence-corrected chi connectivity index (χ1v) is 8.57. The molecule has 0 bridgehead atoms. The van der Waals surface area contributed by atoms with Gasteiger partial charge in [-0.3, -0.25) is 4.18 Å². The van der Waals surface area contributed by atoms with Crippen LogP contribution in [-0.2, 0) is 25.5 Å². The van der Waals surface area contributed by atoms with E-state index in [1.807, 2.05) is 0 Å². The third kappa shape index (κ3) is 4.83. The molecule has 1 fully saturated rings. The van der Waals surface area contributed by atoms with E-state index >= 15 is 0 Å². The lowest BCUT2D eigenvalue weighted by atomic mass is 10.2. The number of hydrogen-bond acceptors (Lipinski definition) is 8. The van der Waals surface area contributed by atoms with Gasteiger partial charge in [0.15, 0.2) is 5.25 Å². The Bertz CT molecular complexity index is 386. The van der Waals surface area contributed by atoms with E-state index in [-0.39, 0.29) is 18.1 Å². The zero-order chi connectivity index (χ0) is 14.8. The first-order valence-electron chi connectivity index (χ1n) is 5.61. The van der Waals surface area contributed by atoms with Crippen LogP contribution in [0, 0.1) is 0 Å². The predicted molar refractivity (Wildman–Crippen MR) is 66.2 cm³/mol. The van der Waals surface area contributed by atoms with Gasteiger partial charge in [0.2, 0.25) is 10.4 Å². The minimum Gasteiger partial charge on any atom is -0.726 e. The maximum atomic E-state index is 10.4. The average molecular weight is 318 g/mol. The van der Waals surface area contributed by atoms with E-state index in [9.17, 15) is 28.3 Å². The van der Waals surface area contributed by atoms with Crippen LogP contribution in [0.1, 0.15) is 6.92 Å². The summed E-state index contributed by atoms with van der Waals surface area (Å²) < 4.78 is 35.3. The molecule has 0 aromatic carbocycles. The van der Waals surface area contributed by atoms with Gasteiger partial charge < -0.3 is 25.0 Å².